The van der Waals surface area contributed by atoms with Gasteiger partial charge in [0.05, 0.1) is 11.8 Å². The van der Waals surface area contributed by atoms with Gasteiger partial charge in [-0.05, 0) is 38.6 Å². The predicted octanol–water partition coefficient (Wildman–Crippen LogP) is 2.24. The van der Waals surface area contributed by atoms with Crippen LogP contribution in [0.15, 0.2) is 6.20 Å². The Morgan fingerprint density at radius 3 is 2.90 bits per heavy atom. The van der Waals surface area contributed by atoms with Crippen LogP contribution in [0.25, 0.3) is 0 Å². The monoisotopic (exact) mass is 292 g/mol. The summed E-state index contributed by atoms with van der Waals surface area (Å²) in [7, 11) is 0. The molecule has 0 bridgehead atoms. The molecule has 1 aromatic heterocycles. The molecule has 0 saturated heterocycles. The van der Waals surface area contributed by atoms with Crippen LogP contribution in [0.2, 0.25) is 0 Å². The molecular weight excluding hydrogens is 264 g/mol. The maximum atomic E-state index is 12.2. The van der Waals surface area contributed by atoms with Crippen LogP contribution < -0.4 is 11.1 Å². The first kappa shape index (κ1) is 16.0. The first-order valence-corrected chi connectivity index (χ1v) is 8.23. The van der Waals surface area contributed by atoms with E-state index in [4.69, 9.17) is 5.73 Å². The molecule has 1 fully saturated rings. The van der Waals surface area contributed by atoms with Crippen molar-refractivity contribution in [2.45, 2.75) is 58.4 Å². The van der Waals surface area contributed by atoms with Gasteiger partial charge in [0.2, 0.25) is 0 Å². The Morgan fingerprint density at radius 2 is 2.19 bits per heavy atom. The van der Waals surface area contributed by atoms with Crippen LogP contribution in [-0.4, -0.2) is 28.8 Å². The van der Waals surface area contributed by atoms with Crippen LogP contribution in [0.4, 0.5) is 0 Å². The summed E-state index contributed by atoms with van der Waals surface area (Å²) in [6.07, 6.45) is 10.4. The molecule has 1 aromatic rings. The van der Waals surface area contributed by atoms with E-state index >= 15 is 0 Å². The molecular formula is C16H28N4O. The third-order valence-corrected chi connectivity index (χ3v) is 4.47. The van der Waals surface area contributed by atoms with E-state index in [0.717, 1.165) is 37.5 Å². The lowest BCUT2D eigenvalue weighted by atomic mass is 10.0. The van der Waals surface area contributed by atoms with E-state index in [0.29, 0.717) is 12.1 Å². The third-order valence-electron chi connectivity index (χ3n) is 4.47. The minimum atomic E-state index is -0.00193. The predicted molar refractivity (Wildman–Crippen MR) is 84.2 cm³/mol. The molecule has 0 aromatic carbocycles. The van der Waals surface area contributed by atoms with Crippen molar-refractivity contribution >= 4 is 5.91 Å². The van der Waals surface area contributed by atoms with Crippen molar-refractivity contribution in [2.75, 3.05) is 13.1 Å². The van der Waals surface area contributed by atoms with Gasteiger partial charge in [-0.1, -0.05) is 25.7 Å². The molecule has 1 amide bonds. The summed E-state index contributed by atoms with van der Waals surface area (Å²) in [6.45, 7) is 4.12. The van der Waals surface area contributed by atoms with E-state index in [1.54, 1.807) is 6.20 Å². The van der Waals surface area contributed by atoms with Crippen molar-refractivity contribution in [3.63, 3.8) is 0 Å². The molecule has 5 nitrogen and oxygen atoms in total. The van der Waals surface area contributed by atoms with Gasteiger partial charge < -0.3 is 11.1 Å². The van der Waals surface area contributed by atoms with Crippen LogP contribution in [0.3, 0.4) is 0 Å². The number of nitrogens with two attached hydrogens (primary N) is 1. The van der Waals surface area contributed by atoms with Gasteiger partial charge in [-0.2, -0.15) is 5.10 Å². The number of amides is 1. The molecule has 1 saturated carbocycles. The molecule has 0 aliphatic heterocycles. The van der Waals surface area contributed by atoms with Gasteiger partial charge in [-0.25, -0.2) is 0 Å². The lowest BCUT2D eigenvalue weighted by molar-refractivity contribution is 0.0951. The fourth-order valence-electron chi connectivity index (χ4n) is 3.12. The van der Waals surface area contributed by atoms with Crippen LogP contribution >= 0.6 is 0 Å². The average Bonchev–Trinajstić information content (AvgIpc) is 3.11. The number of hydrogen-bond acceptors (Lipinski definition) is 3. The summed E-state index contributed by atoms with van der Waals surface area (Å²) >= 11 is 0. The van der Waals surface area contributed by atoms with Crippen LogP contribution in [0.5, 0.6) is 0 Å². The summed E-state index contributed by atoms with van der Waals surface area (Å²) in [6, 6.07) is 0. The molecule has 1 heterocycles. The first-order chi connectivity index (χ1) is 10.2. The summed E-state index contributed by atoms with van der Waals surface area (Å²) in [5.74, 6) is 0.889. The summed E-state index contributed by atoms with van der Waals surface area (Å²) in [5, 5.41) is 7.28. The standard InChI is InChI=1S/C16H28N4O/c1-13-15(12-19-20(13)11-5-9-17)16(21)18-10-4-8-14-6-2-3-7-14/h12,14H,2-11,17H2,1H3,(H,18,21). The highest BCUT2D eigenvalue weighted by atomic mass is 16.1. The molecule has 0 atom stereocenters. The minimum absolute atomic E-state index is 0.00193. The fraction of sp³-hybridized carbons (Fsp3) is 0.750. The van der Waals surface area contributed by atoms with Crippen molar-refractivity contribution < 1.29 is 4.79 Å². The van der Waals surface area contributed by atoms with Crippen molar-refractivity contribution in [1.82, 2.24) is 15.1 Å². The molecule has 0 unspecified atom stereocenters. The van der Waals surface area contributed by atoms with Gasteiger partial charge in [-0.3, -0.25) is 9.48 Å². The Balaban J connectivity index is 1.73. The number of rotatable bonds is 8. The molecule has 1 aliphatic rings. The second kappa shape index (κ2) is 8.17. The van der Waals surface area contributed by atoms with Crippen molar-refractivity contribution in [1.29, 1.82) is 0 Å². The summed E-state index contributed by atoms with van der Waals surface area (Å²) in [4.78, 5) is 12.2. The van der Waals surface area contributed by atoms with Gasteiger partial charge in [-0.15, -0.1) is 0 Å². The Hall–Kier alpha value is -1.36. The average molecular weight is 292 g/mol. The summed E-state index contributed by atoms with van der Waals surface area (Å²) in [5.41, 5.74) is 7.12. The number of carbonyl (C=O) groups excluding carboxylic acids is 1. The number of carbonyl (C=O) groups is 1. The Bertz CT molecular complexity index is 449. The van der Waals surface area contributed by atoms with E-state index < -0.39 is 0 Å². The zero-order valence-electron chi connectivity index (χ0n) is 13.1. The third kappa shape index (κ3) is 4.56. The number of nitrogens with one attached hydrogen (secondary N) is 1. The van der Waals surface area contributed by atoms with E-state index in [1.165, 1.54) is 32.1 Å². The number of nitrogens with zero attached hydrogens (tertiary/aromatic N) is 2. The van der Waals surface area contributed by atoms with E-state index in [1.807, 2.05) is 11.6 Å². The number of hydrogen-bond donors (Lipinski definition) is 2. The topological polar surface area (TPSA) is 72.9 Å². The lowest BCUT2D eigenvalue weighted by Crippen LogP contribution is -2.25. The summed E-state index contributed by atoms with van der Waals surface area (Å²) < 4.78 is 1.86. The van der Waals surface area contributed by atoms with Gasteiger partial charge in [0.15, 0.2) is 0 Å². The number of aromatic nitrogens is 2. The van der Waals surface area contributed by atoms with Gasteiger partial charge in [0.1, 0.15) is 0 Å². The highest BCUT2D eigenvalue weighted by Gasteiger charge is 2.16. The second-order valence-electron chi connectivity index (χ2n) is 6.06. The van der Waals surface area contributed by atoms with E-state index in [2.05, 4.69) is 10.4 Å². The van der Waals surface area contributed by atoms with Crippen molar-refractivity contribution in [2.24, 2.45) is 11.7 Å². The molecule has 2 rings (SSSR count). The second-order valence-corrected chi connectivity index (χ2v) is 6.06. The highest BCUT2D eigenvalue weighted by molar-refractivity contribution is 5.94. The molecule has 21 heavy (non-hydrogen) atoms. The van der Waals surface area contributed by atoms with Crippen molar-refractivity contribution in [3.05, 3.63) is 17.5 Å². The minimum Gasteiger partial charge on any atom is -0.352 e. The van der Waals surface area contributed by atoms with E-state index in [9.17, 15) is 4.79 Å². The molecule has 118 valence electrons. The molecule has 0 radical (unpaired) electrons. The zero-order chi connectivity index (χ0) is 15.1. The SMILES string of the molecule is Cc1c(C(=O)NCCCC2CCCC2)cnn1CCCN. The maximum absolute atomic E-state index is 12.2. The molecule has 5 heteroatoms. The van der Waals surface area contributed by atoms with Gasteiger partial charge in [0.25, 0.3) is 5.91 Å². The quantitative estimate of drug-likeness (QED) is 0.722. The maximum Gasteiger partial charge on any atom is 0.254 e. The Kier molecular flexibility index (Phi) is 6.23. The van der Waals surface area contributed by atoms with Gasteiger partial charge in [0, 0.05) is 18.8 Å². The van der Waals surface area contributed by atoms with E-state index in [-0.39, 0.29) is 5.91 Å². The normalized spacial score (nSPS) is 15.5. The van der Waals surface area contributed by atoms with Crippen LogP contribution in [0.1, 0.15) is 61.0 Å². The van der Waals surface area contributed by atoms with Crippen molar-refractivity contribution in [3.8, 4) is 0 Å². The molecule has 0 spiro atoms. The fourth-order valence-corrected chi connectivity index (χ4v) is 3.12. The van der Waals surface area contributed by atoms with Crippen LogP contribution in [-0.2, 0) is 6.54 Å². The Labute approximate surface area is 127 Å². The number of aryl methyl sites for hydroxylation is 1. The zero-order valence-corrected chi connectivity index (χ0v) is 13.1. The molecule has 1 aliphatic carbocycles. The first-order valence-electron chi connectivity index (χ1n) is 8.23. The largest absolute Gasteiger partial charge is 0.352 e. The lowest BCUT2D eigenvalue weighted by Gasteiger charge is -2.09. The molecule has 3 N–H and O–H groups in total. The highest BCUT2D eigenvalue weighted by Crippen LogP contribution is 2.28. The van der Waals surface area contributed by atoms with Gasteiger partial charge >= 0.3 is 0 Å². The van der Waals surface area contributed by atoms with Crippen LogP contribution in [0, 0.1) is 12.8 Å². The Morgan fingerprint density at radius 1 is 1.43 bits per heavy atom. The smallest absolute Gasteiger partial charge is 0.254 e.